The van der Waals surface area contributed by atoms with Gasteiger partial charge >= 0.3 is 5.97 Å². The van der Waals surface area contributed by atoms with Crippen molar-refractivity contribution in [3.8, 4) is 0 Å². The van der Waals surface area contributed by atoms with Crippen LogP contribution in [-0.2, 0) is 4.79 Å². The Morgan fingerprint density at radius 3 is 2.38 bits per heavy atom. The van der Waals surface area contributed by atoms with Crippen LogP contribution in [0.5, 0.6) is 0 Å². The van der Waals surface area contributed by atoms with E-state index in [1.807, 2.05) is 0 Å². The molecule has 16 heavy (non-hydrogen) atoms. The fourth-order valence-corrected chi connectivity index (χ4v) is 1.16. The molecule has 3 N–H and O–H groups in total. The van der Waals surface area contributed by atoms with Crippen molar-refractivity contribution in [1.29, 1.82) is 0 Å². The molecule has 0 saturated heterocycles. The van der Waals surface area contributed by atoms with Crippen molar-refractivity contribution in [2.75, 3.05) is 18.9 Å². The van der Waals surface area contributed by atoms with Crippen LogP contribution in [0, 0.1) is 0 Å². The maximum atomic E-state index is 11.3. The molecule has 0 spiro atoms. The van der Waals surface area contributed by atoms with Gasteiger partial charge in [-0.1, -0.05) is 0 Å². The van der Waals surface area contributed by atoms with Crippen LogP contribution in [0.2, 0.25) is 0 Å². The third-order valence-corrected chi connectivity index (χ3v) is 2.02. The minimum absolute atomic E-state index is 0.0996. The van der Waals surface area contributed by atoms with E-state index in [2.05, 4.69) is 10.6 Å². The first-order chi connectivity index (χ1) is 7.63. The molecule has 1 rings (SSSR count). The normalized spacial score (nSPS) is 9.81. The van der Waals surface area contributed by atoms with E-state index in [1.165, 1.54) is 12.1 Å². The van der Waals surface area contributed by atoms with E-state index in [9.17, 15) is 9.59 Å². The predicted molar refractivity (Wildman–Crippen MR) is 60.6 cm³/mol. The fraction of sp³-hybridized carbons (Fsp3) is 0.273. The van der Waals surface area contributed by atoms with Gasteiger partial charge in [-0.15, -0.1) is 0 Å². The average Bonchev–Trinajstić information content (AvgIpc) is 2.27. The Bertz CT molecular complexity index is 373. The molecule has 0 aliphatic heterocycles. The van der Waals surface area contributed by atoms with E-state index < -0.39 is 5.97 Å². The molecule has 0 atom stereocenters. The number of hydrogen-bond acceptors (Lipinski definition) is 3. The van der Waals surface area contributed by atoms with Gasteiger partial charge in [0, 0.05) is 18.7 Å². The van der Waals surface area contributed by atoms with Crippen molar-refractivity contribution in [3.05, 3.63) is 29.8 Å². The third kappa shape index (κ3) is 3.70. The van der Waals surface area contributed by atoms with E-state index >= 15 is 0 Å². The molecule has 1 amide bonds. The summed E-state index contributed by atoms with van der Waals surface area (Å²) in [6, 6.07) is 6.05. The van der Waals surface area contributed by atoms with Gasteiger partial charge in [0.2, 0.25) is 5.91 Å². The first-order valence-electron chi connectivity index (χ1n) is 4.91. The predicted octanol–water partition coefficient (Wildman–Crippen LogP) is 0.933. The van der Waals surface area contributed by atoms with Gasteiger partial charge in [-0.05, 0) is 31.3 Å². The molecule has 0 heterocycles. The maximum Gasteiger partial charge on any atom is 0.335 e. The lowest BCUT2D eigenvalue weighted by molar-refractivity contribution is -0.116. The highest BCUT2D eigenvalue weighted by Crippen LogP contribution is 2.09. The molecule has 1 aromatic rings. The van der Waals surface area contributed by atoms with E-state index in [0.29, 0.717) is 18.7 Å². The van der Waals surface area contributed by atoms with Crippen LogP contribution in [0.1, 0.15) is 16.8 Å². The van der Waals surface area contributed by atoms with Crippen molar-refractivity contribution < 1.29 is 14.7 Å². The van der Waals surface area contributed by atoms with Crippen molar-refractivity contribution >= 4 is 17.6 Å². The van der Waals surface area contributed by atoms with Crippen LogP contribution in [-0.4, -0.2) is 30.6 Å². The third-order valence-electron chi connectivity index (χ3n) is 2.02. The molecule has 86 valence electrons. The van der Waals surface area contributed by atoms with Crippen molar-refractivity contribution in [2.45, 2.75) is 6.42 Å². The highest BCUT2D eigenvalue weighted by atomic mass is 16.4. The summed E-state index contributed by atoms with van der Waals surface area (Å²) in [7, 11) is 1.77. The number of rotatable bonds is 5. The standard InChI is InChI=1S/C11H14N2O3/c1-12-7-6-10(14)13-9-4-2-8(3-5-9)11(15)16/h2-5,12H,6-7H2,1H3,(H,13,14)(H,15,16). The summed E-state index contributed by atoms with van der Waals surface area (Å²) >= 11 is 0. The van der Waals surface area contributed by atoms with Gasteiger partial charge in [0.25, 0.3) is 0 Å². The first-order valence-corrected chi connectivity index (χ1v) is 4.91. The summed E-state index contributed by atoms with van der Waals surface area (Å²) in [6.45, 7) is 0.610. The number of carboxylic acid groups (broad SMARTS) is 1. The van der Waals surface area contributed by atoms with Crippen LogP contribution in [0.4, 0.5) is 5.69 Å². The molecule has 0 fully saturated rings. The summed E-state index contributed by atoms with van der Waals surface area (Å²) in [6.07, 6.45) is 0.386. The summed E-state index contributed by atoms with van der Waals surface area (Å²) in [5, 5.41) is 14.2. The van der Waals surface area contributed by atoms with Crippen molar-refractivity contribution in [1.82, 2.24) is 5.32 Å². The Morgan fingerprint density at radius 2 is 1.88 bits per heavy atom. The highest BCUT2D eigenvalue weighted by Gasteiger charge is 2.04. The van der Waals surface area contributed by atoms with Crippen LogP contribution in [0.15, 0.2) is 24.3 Å². The van der Waals surface area contributed by atoms with E-state index in [0.717, 1.165) is 0 Å². The molecule has 0 radical (unpaired) electrons. The van der Waals surface area contributed by atoms with Gasteiger partial charge in [0.1, 0.15) is 0 Å². The van der Waals surface area contributed by atoms with Gasteiger partial charge in [0.15, 0.2) is 0 Å². The quantitative estimate of drug-likeness (QED) is 0.692. The molecule has 0 aromatic heterocycles. The Kier molecular flexibility index (Phi) is 4.47. The number of hydrogen-bond donors (Lipinski definition) is 3. The number of carbonyl (C=O) groups excluding carboxylic acids is 1. The van der Waals surface area contributed by atoms with Crippen molar-refractivity contribution in [3.63, 3.8) is 0 Å². The molecule has 5 nitrogen and oxygen atoms in total. The smallest absolute Gasteiger partial charge is 0.335 e. The SMILES string of the molecule is CNCCC(=O)Nc1ccc(C(=O)O)cc1. The number of anilines is 1. The Balaban J connectivity index is 2.55. The van der Waals surface area contributed by atoms with Crippen LogP contribution >= 0.6 is 0 Å². The maximum absolute atomic E-state index is 11.3. The van der Waals surface area contributed by atoms with E-state index in [1.54, 1.807) is 19.2 Å². The number of benzene rings is 1. The van der Waals surface area contributed by atoms with Crippen LogP contribution in [0.25, 0.3) is 0 Å². The summed E-state index contributed by atoms with van der Waals surface area (Å²) in [5.41, 5.74) is 0.805. The molecular formula is C11H14N2O3. The number of carboxylic acids is 1. The Hall–Kier alpha value is -1.88. The molecular weight excluding hydrogens is 208 g/mol. The molecule has 0 aliphatic rings. The Morgan fingerprint density at radius 1 is 1.25 bits per heavy atom. The number of nitrogens with one attached hydrogen (secondary N) is 2. The lowest BCUT2D eigenvalue weighted by Crippen LogP contribution is -2.18. The number of amides is 1. The average molecular weight is 222 g/mol. The van der Waals surface area contributed by atoms with E-state index in [-0.39, 0.29) is 11.5 Å². The van der Waals surface area contributed by atoms with Gasteiger partial charge in [-0.25, -0.2) is 4.79 Å². The van der Waals surface area contributed by atoms with Gasteiger partial charge < -0.3 is 15.7 Å². The second-order valence-corrected chi connectivity index (χ2v) is 3.28. The number of aromatic carboxylic acids is 1. The molecule has 0 unspecified atom stereocenters. The molecule has 1 aromatic carbocycles. The Labute approximate surface area is 93.5 Å². The topological polar surface area (TPSA) is 78.4 Å². The van der Waals surface area contributed by atoms with Gasteiger partial charge in [-0.3, -0.25) is 4.79 Å². The zero-order valence-corrected chi connectivity index (χ0v) is 8.99. The summed E-state index contributed by atoms with van der Waals surface area (Å²) in [5.74, 6) is -1.08. The second-order valence-electron chi connectivity index (χ2n) is 3.28. The lowest BCUT2D eigenvalue weighted by atomic mass is 10.2. The monoisotopic (exact) mass is 222 g/mol. The van der Waals surface area contributed by atoms with E-state index in [4.69, 9.17) is 5.11 Å². The summed E-state index contributed by atoms with van der Waals surface area (Å²) in [4.78, 5) is 21.9. The largest absolute Gasteiger partial charge is 0.478 e. The molecule has 5 heteroatoms. The molecule has 0 aliphatic carbocycles. The molecule has 0 bridgehead atoms. The summed E-state index contributed by atoms with van der Waals surface area (Å²) < 4.78 is 0. The minimum atomic E-state index is -0.979. The minimum Gasteiger partial charge on any atom is -0.478 e. The second kappa shape index (κ2) is 5.87. The number of carbonyl (C=O) groups is 2. The first kappa shape index (κ1) is 12.2. The lowest BCUT2D eigenvalue weighted by Gasteiger charge is -2.04. The zero-order chi connectivity index (χ0) is 12.0. The van der Waals surface area contributed by atoms with Crippen LogP contribution < -0.4 is 10.6 Å². The highest BCUT2D eigenvalue weighted by molar-refractivity contribution is 5.92. The van der Waals surface area contributed by atoms with Crippen LogP contribution in [0.3, 0.4) is 0 Å². The zero-order valence-electron chi connectivity index (χ0n) is 8.99. The van der Waals surface area contributed by atoms with Gasteiger partial charge in [0.05, 0.1) is 5.56 Å². The molecule has 0 saturated carbocycles. The van der Waals surface area contributed by atoms with Gasteiger partial charge in [-0.2, -0.15) is 0 Å². The fourth-order valence-electron chi connectivity index (χ4n) is 1.16. The van der Waals surface area contributed by atoms with Crippen molar-refractivity contribution in [2.24, 2.45) is 0 Å².